The van der Waals surface area contributed by atoms with Crippen molar-refractivity contribution in [1.29, 1.82) is 0 Å². The van der Waals surface area contributed by atoms with Crippen molar-refractivity contribution >= 4 is 5.91 Å². The van der Waals surface area contributed by atoms with Crippen molar-refractivity contribution in [3.05, 3.63) is 29.3 Å². The lowest BCUT2D eigenvalue weighted by molar-refractivity contribution is 0.0766. The third-order valence-corrected chi connectivity index (χ3v) is 5.66. The van der Waals surface area contributed by atoms with Crippen molar-refractivity contribution in [2.24, 2.45) is 0 Å². The number of nitrogens with zero attached hydrogens (tertiary/aromatic N) is 2. The van der Waals surface area contributed by atoms with Gasteiger partial charge in [-0.25, -0.2) is 0 Å². The van der Waals surface area contributed by atoms with Gasteiger partial charge >= 0.3 is 0 Å². The topological polar surface area (TPSA) is 44.8 Å². The standard InChI is InChI=1S/C20H31N3O2/c1-15-6-7-16(13-19(15)25-3)20(24)21-17-5-4-10-23(14-17)18-8-11-22(2)12-9-18/h6-7,13,17-18H,4-5,8-12,14H2,1-3H3,(H,21,24)/t17-/m1/s1. The summed E-state index contributed by atoms with van der Waals surface area (Å²) in [5.41, 5.74) is 1.73. The largest absolute Gasteiger partial charge is 0.496 e. The second-order valence-electron chi connectivity index (χ2n) is 7.53. The van der Waals surface area contributed by atoms with Crippen molar-refractivity contribution in [1.82, 2.24) is 15.1 Å². The highest BCUT2D eigenvalue weighted by atomic mass is 16.5. The first-order chi connectivity index (χ1) is 12.1. The SMILES string of the molecule is COc1cc(C(=O)N[C@@H]2CCCN(C3CCN(C)CC3)C2)ccc1C. The number of piperidine rings is 2. The van der Waals surface area contributed by atoms with E-state index in [1.807, 2.05) is 25.1 Å². The molecule has 1 aromatic carbocycles. The maximum Gasteiger partial charge on any atom is 0.251 e. The van der Waals surface area contributed by atoms with Crippen molar-refractivity contribution in [3.8, 4) is 5.75 Å². The number of nitrogens with one attached hydrogen (secondary N) is 1. The van der Waals surface area contributed by atoms with Gasteiger partial charge in [0.05, 0.1) is 7.11 Å². The number of likely N-dealkylation sites (tertiary alicyclic amines) is 2. The van der Waals surface area contributed by atoms with Gasteiger partial charge in [-0.1, -0.05) is 6.07 Å². The second-order valence-corrected chi connectivity index (χ2v) is 7.53. The van der Waals surface area contributed by atoms with Crippen molar-refractivity contribution in [3.63, 3.8) is 0 Å². The number of amides is 1. The molecule has 25 heavy (non-hydrogen) atoms. The van der Waals surface area contributed by atoms with E-state index >= 15 is 0 Å². The van der Waals surface area contributed by atoms with Gasteiger partial charge in [0, 0.05) is 24.2 Å². The number of ether oxygens (including phenoxy) is 1. The van der Waals surface area contributed by atoms with Crippen LogP contribution in [0.15, 0.2) is 18.2 Å². The fraction of sp³-hybridized carbons (Fsp3) is 0.650. The number of benzene rings is 1. The highest BCUT2D eigenvalue weighted by Gasteiger charge is 2.28. The van der Waals surface area contributed by atoms with E-state index in [1.54, 1.807) is 7.11 Å². The van der Waals surface area contributed by atoms with Crippen LogP contribution in [0.3, 0.4) is 0 Å². The molecule has 1 atom stereocenters. The van der Waals surface area contributed by atoms with Gasteiger partial charge in [0.2, 0.25) is 0 Å². The molecule has 5 heteroatoms. The number of rotatable bonds is 4. The Morgan fingerprint density at radius 1 is 1.20 bits per heavy atom. The zero-order valence-electron chi connectivity index (χ0n) is 15.8. The van der Waals surface area contributed by atoms with Crippen molar-refractivity contribution in [2.45, 2.75) is 44.7 Å². The zero-order valence-corrected chi connectivity index (χ0v) is 15.8. The summed E-state index contributed by atoms with van der Waals surface area (Å²) in [5.74, 6) is 0.776. The fourth-order valence-corrected chi connectivity index (χ4v) is 4.05. The summed E-state index contributed by atoms with van der Waals surface area (Å²) < 4.78 is 5.34. The number of hydrogen-bond acceptors (Lipinski definition) is 4. The molecule has 0 saturated carbocycles. The maximum absolute atomic E-state index is 12.6. The highest BCUT2D eigenvalue weighted by molar-refractivity contribution is 5.94. The molecule has 0 bridgehead atoms. The monoisotopic (exact) mass is 345 g/mol. The van der Waals surface area contributed by atoms with E-state index < -0.39 is 0 Å². The molecule has 0 radical (unpaired) electrons. The Labute approximate surface area is 151 Å². The Hall–Kier alpha value is -1.59. The van der Waals surface area contributed by atoms with E-state index in [-0.39, 0.29) is 11.9 Å². The van der Waals surface area contributed by atoms with Gasteiger partial charge in [-0.2, -0.15) is 0 Å². The molecule has 0 aliphatic carbocycles. The molecule has 2 saturated heterocycles. The van der Waals surface area contributed by atoms with Gasteiger partial charge < -0.3 is 15.0 Å². The average Bonchev–Trinajstić information content (AvgIpc) is 2.63. The van der Waals surface area contributed by atoms with E-state index in [0.29, 0.717) is 11.6 Å². The quantitative estimate of drug-likeness (QED) is 0.909. The number of hydrogen-bond donors (Lipinski definition) is 1. The molecule has 5 nitrogen and oxygen atoms in total. The molecule has 0 aromatic heterocycles. The van der Waals surface area contributed by atoms with Crippen molar-refractivity contribution in [2.75, 3.05) is 40.3 Å². The van der Waals surface area contributed by atoms with Gasteiger partial charge in [-0.3, -0.25) is 9.69 Å². The Morgan fingerprint density at radius 3 is 2.68 bits per heavy atom. The normalized spacial score (nSPS) is 23.4. The molecule has 2 heterocycles. The lowest BCUT2D eigenvalue weighted by Crippen LogP contribution is -2.53. The smallest absolute Gasteiger partial charge is 0.251 e. The molecule has 1 aromatic rings. The van der Waals surface area contributed by atoms with Crippen LogP contribution in [0.25, 0.3) is 0 Å². The molecule has 138 valence electrons. The van der Waals surface area contributed by atoms with Crippen LogP contribution < -0.4 is 10.1 Å². The molecule has 1 amide bonds. The van der Waals surface area contributed by atoms with E-state index in [9.17, 15) is 4.79 Å². The molecule has 2 aliphatic heterocycles. The van der Waals surface area contributed by atoms with E-state index in [1.165, 1.54) is 32.5 Å². The van der Waals surface area contributed by atoms with Gasteiger partial charge in [0.15, 0.2) is 0 Å². The summed E-state index contributed by atoms with van der Waals surface area (Å²) in [7, 11) is 3.84. The highest BCUT2D eigenvalue weighted by Crippen LogP contribution is 2.22. The van der Waals surface area contributed by atoms with E-state index in [2.05, 4.69) is 22.2 Å². The Kier molecular flexibility index (Phi) is 5.97. The first-order valence-electron chi connectivity index (χ1n) is 9.45. The maximum atomic E-state index is 12.6. The molecule has 0 unspecified atom stereocenters. The predicted molar refractivity (Wildman–Crippen MR) is 100 cm³/mol. The Balaban J connectivity index is 1.58. The van der Waals surface area contributed by atoms with Crippen LogP contribution in [-0.4, -0.2) is 68.1 Å². The lowest BCUT2D eigenvalue weighted by atomic mass is 9.98. The Bertz CT molecular complexity index is 597. The molecular formula is C20H31N3O2. The number of methoxy groups -OCH3 is 1. The minimum absolute atomic E-state index is 0.00790. The van der Waals surface area contributed by atoms with E-state index in [4.69, 9.17) is 4.74 Å². The van der Waals surface area contributed by atoms with Crippen LogP contribution in [0.2, 0.25) is 0 Å². The van der Waals surface area contributed by atoms with Crippen LogP contribution in [-0.2, 0) is 0 Å². The molecule has 0 spiro atoms. The summed E-state index contributed by atoms with van der Waals surface area (Å²) in [6.07, 6.45) is 4.71. The molecule has 1 N–H and O–H groups in total. The summed E-state index contributed by atoms with van der Waals surface area (Å²) >= 11 is 0. The number of carbonyl (C=O) groups is 1. The predicted octanol–water partition coefficient (Wildman–Crippen LogP) is 2.29. The Morgan fingerprint density at radius 2 is 1.96 bits per heavy atom. The van der Waals surface area contributed by atoms with Gasteiger partial charge in [-0.05, 0) is 77.0 Å². The lowest BCUT2D eigenvalue weighted by Gasteiger charge is -2.41. The number of carbonyl (C=O) groups excluding carboxylic acids is 1. The van der Waals surface area contributed by atoms with Crippen molar-refractivity contribution < 1.29 is 9.53 Å². The second kappa shape index (κ2) is 8.19. The summed E-state index contributed by atoms with van der Waals surface area (Å²) in [5, 5.41) is 3.24. The molecule has 2 aliphatic rings. The summed E-state index contributed by atoms with van der Waals surface area (Å²) in [6.45, 7) is 6.49. The first kappa shape index (κ1) is 18.2. The molecule has 2 fully saturated rings. The minimum atomic E-state index is 0.00790. The summed E-state index contributed by atoms with van der Waals surface area (Å²) in [6, 6.07) is 6.58. The third kappa shape index (κ3) is 4.53. The number of aryl methyl sites for hydroxylation is 1. The first-order valence-corrected chi connectivity index (χ1v) is 9.45. The van der Waals surface area contributed by atoms with E-state index in [0.717, 1.165) is 30.7 Å². The van der Waals surface area contributed by atoms with Gasteiger partial charge in [0.25, 0.3) is 5.91 Å². The fourth-order valence-electron chi connectivity index (χ4n) is 4.05. The molecular weight excluding hydrogens is 314 g/mol. The van der Waals surface area contributed by atoms with Gasteiger partial charge in [0.1, 0.15) is 5.75 Å². The van der Waals surface area contributed by atoms with Crippen LogP contribution in [0.5, 0.6) is 5.75 Å². The van der Waals surface area contributed by atoms with Crippen LogP contribution >= 0.6 is 0 Å². The molecule has 3 rings (SSSR count). The van der Waals surface area contributed by atoms with Crippen LogP contribution in [0.4, 0.5) is 0 Å². The third-order valence-electron chi connectivity index (χ3n) is 5.66. The average molecular weight is 345 g/mol. The van der Waals surface area contributed by atoms with Crippen LogP contribution in [0.1, 0.15) is 41.6 Å². The van der Waals surface area contributed by atoms with Gasteiger partial charge in [-0.15, -0.1) is 0 Å². The summed E-state index contributed by atoms with van der Waals surface area (Å²) in [4.78, 5) is 17.6. The zero-order chi connectivity index (χ0) is 17.8. The van der Waals surface area contributed by atoms with Crippen LogP contribution in [0, 0.1) is 6.92 Å². The minimum Gasteiger partial charge on any atom is -0.496 e.